The van der Waals surface area contributed by atoms with Crippen LogP contribution in [0.25, 0.3) is 0 Å². The fraction of sp³-hybridized carbons (Fsp3) is 0.500. The highest BCUT2D eigenvalue weighted by atomic mass is 16.4. The third kappa shape index (κ3) is 4.22. The van der Waals surface area contributed by atoms with Gasteiger partial charge < -0.3 is 16.2 Å². The van der Waals surface area contributed by atoms with Crippen molar-refractivity contribution in [2.75, 3.05) is 19.6 Å². The molecule has 1 amide bonds. The van der Waals surface area contributed by atoms with E-state index in [0.29, 0.717) is 19.0 Å². The first-order chi connectivity index (χ1) is 9.17. The van der Waals surface area contributed by atoms with Crippen molar-refractivity contribution in [2.45, 2.75) is 19.5 Å². The molecule has 1 atom stereocenters. The average molecular weight is 263 g/mol. The first kappa shape index (κ1) is 13.8. The molecule has 0 aromatic heterocycles. The Morgan fingerprint density at radius 3 is 3.00 bits per heavy atom. The van der Waals surface area contributed by atoms with Gasteiger partial charge in [0.05, 0.1) is 0 Å². The van der Waals surface area contributed by atoms with Gasteiger partial charge in [0.25, 0.3) is 0 Å². The predicted octanol–water partition coefficient (Wildman–Crippen LogP) is 1.23. The van der Waals surface area contributed by atoms with E-state index in [1.165, 1.54) is 5.56 Å². The first-order valence-electron chi connectivity index (χ1n) is 6.64. The Hall–Kier alpha value is -1.59. The maximum Gasteiger partial charge on any atom is 0.404 e. The number of likely N-dealkylation sites (tertiary alicyclic amines) is 1. The number of benzene rings is 1. The van der Waals surface area contributed by atoms with Crippen molar-refractivity contribution in [2.24, 2.45) is 11.7 Å². The molecule has 0 aliphatic carbocycles. The molecule has 1 aliphatic rings. The third-order valence-electron chi connectivity index (χ3n) is 3.55. The van der Waals surface area contributed by atoms with Gasteiger partial charge in [0, 0.05) is 26.2 Å². The van der Waals surface area contributed by atoms with Gasteiger partial charge in [-0.25, -0.2) is 4.79 Å². The minimum Gasteiger partial charge on any atom is -0.465 e. The lowest BCUT2D eigenvalue weighted by Crippen LogP contribution is -2.29. The summed E-state index contributed by atoms with van der Waals surface area (Å²) in [6, 6.07) is 8.33. The molecule has 1 saturated heterocycles. The number of rotatable bonds is 5. The summed E-state index contributed by atoms with van der Waals surface area (Å²) in [7, 11) is 0. The van der Waals surface area contributed by atoms with Crippen LogP contribution in [0, 0.1) is 5.92 Å². The van der Waals surface area contributed by atoms with E-state index < -0.39 is 6.09 Å². The molecule has 1 aromatic rings. The van der Waals surface area contributed by atoms with Crippen LogP contribution in [-0.4, -0.2) is 35.7 Å². The van der Waals surface area contributed by atoms with Gasteiger partial charge in [-0.05, 0) is 30.0 Å². The van der Waals surface area contributed by atoms with E-state index in [2.05, 4.69) is 22.3 Å². The maximum absolute atomic E-state index is 10.5. The number of carbonyl (C=O) groups is 1. The Morgan fingerprint density at radius 2 is 2.26 bits per heavy atom. The summed E-state index contributed by atoms with van der Waals surface area (Å²) in [6.07, 6.45) is 0.116. The van der Waals surface area contributed by atoms with E-state index in [-0.39, 0.29) is 0 Å². The Bertz CT molecular complexity index is 436. The smallest absolute Gasteiger partial charge is 0.404 e. The summed E-state index contributed by atoms with van der Waals surface area (Å²) in [4.78, 5) is 12.8. The number of hydrogen-bond donors (Lipinski definition) is 3. The molecule has 19 heavy (non-hydrogen) atoms. The highest BCUT2D eigenvalue weighted by Gasteiger charge is 2.22. The van der Waals surface area contributed by atoms with Crippen LogP contribution >= 0.6 is 0 Å². The first-order valence-corrected chi connectivity index (χ1v) is 6.64. The topological polar surface area (TPSA) is 78.6 Å². The molecule has 0 spiro atoms. The van der Waals surface area contributed by atoms with Gasteiger partial charge >= 0.3 is 6.09 Å². The van der Waals surface area contributed by atoms with Crippen molar-refractivity contribution in [1.82, 2.24) is 10.2 Å². The van der Waals surface area contributed by atoms with Crippen molar-refractivity contribution in [3.63, 3.8) is 0 Å². The number of amides is 1. The second-order valence-corrected chi connectivity index (χ2v) is 5.10. The lowest BCUT2D eigenvalue weighted by Gasteiger charge is -2.16. The van der Waals surface area contributed by atoms with Gasteiger partial charge in [0.15, 0.2) is 0 Å². The summed E-state index contributed by atoms with van der Waals surface area (Å²) in [6.45, 7) is 4.01. The summed E-state index contributed by atoms with van der Waals surface area (Å²) < 4.78 is 0. The minimum absolute atomic E-state index is 0.425. The monoisotopic (exact) mass is 263 g/mol. The molecule has 5 nitrogen and oxygen atoms in total. The standard InChI is InChI=1S/C14H21N3O2/c15-7-11-2-1-3-12(6-11)9-17-5-4-13(10-17)8-16-14(18)19/h1-3,6,13,16H,4-5,7-10,15H2,(H,18,19)/t13-/m0/s1. The number of nitrogens with two attached hydrogens (primary N) is 1. The zero-order valence-corrected chi connectivity index (χ0v) is 11.0. The molecular formula is C14H21N3O2. The van der Waals surface area contributed by atoms with Crippen molar-refractivity contribution in [3.05, 3.63) is 35.4 Å². The highest BCUT2D eigenvalue weighted by Crippen LogP contribution is 2.18. The molecular weight excluding hydrogens is 242 g/mol. The quantitative estimate of drug-likeness (QED) is 0.746. The second-order valence-electron chi connectivity index (χ2n) is 5.10. The summed E-state index contributed by atoms with van der Waals surface area (Å²) in [5, 5.41) is 11.1. The van der Waals surface area contributed by atoms with Crippen LogP contribution in [0.15, 0.2) is 24.3 Å². The lowest BCUT2D eigenvalue weighted by atomic mass is 10.1. The Kier molecular flexibility index (Phi) is 4.76. The fourth-order valence-electron chi connectivity index (χ4n) is 2.57. The normalized spacial score (nSPS) is 19.5. The lowest BCUT2D eigenvalue weighted by molar-refractivity contribution is 0.192. The van der Waals surface area contributed by atoms with Crippen molar-refractivity contribution in [1.29, 1.82) is 0 Å². The van der Waals surface area contributed by atoms with E-state index in [1.54, 1.807) is 0 Å². The number of hydrogen-bond acceptors (Lipinski definition) is 3. The Labute approximate surface area is 113 Å². The second kappa shape index (κ2) is 6.54. The zero-order valence-electron chi connectivity index (χ0n) is 11.0. The third-order valence-corrected chi connectivity index (χ3v) is 3.55. The largest absolute Gasteiger partial charge is 0.465 e. The Balaban J connectivity index is 1.82. The van der Waals surface area contributed by atoms with Crippen molar-refractivity contribution < 1.29 is 9.90 Å². The van der Waals surface area contributed by atoms with Crippen LogP contribution in [0.1, 0.15) is 17.5 Å². The van der Waals surface area contributed by atoms with E-state index in [0.717, 1.165) is 31.6 Å². The van der Waals surface area contributed by atoms with Crippen molar-refractivity contribution >= 4 is 6.09 Å². The van der Waals surface area contributed by atoms with E-state index >= 15 is 0 Å². The molecule has 1 aromatic carbocycles. The van der Waals surface area contributed by atoms with Crippen LogP contribution in [0.2, 0.25) is 0 Å². The van der Waals surface area contributed by atoms with E-state index in [1.807, 2.05) is 12.1 Å². The molecule has 0 unspecified atom stereocenters. The van der Waals surface area contributed by atoms with Gasteiger partial charge in [-0.15, -0.1) is 0 Å². The summed E-state index contributed by atoms with van der Waals surface area (Å²) in [5.41, 5.74) is 8.07. The summed E-state index contributed by atoms with van der Waals surface area (Å²) in [5.74, 6) is 0.425. The SMILES string of the molecule is NCc1cccc(CN2CC[C@@H](CNC(=O)O)C2)c1. The summed E-state index contributed by atoms with van der Waals surface area (Å²) >= 11 is 0. The molecule has 1 fully saturated rings. The molecule has 2 rings (SSSR count). The minimum atomic E-state index is -0.936. The van der Waals surface area contributed by atoms with Gasteiger partial charge in [0.2, 0.25) is 0 Å². The van der Waals surface area contributed by atoms with E-state index in [4.69, 9.17) is 10.8 Å². The molecule has 1 aliphatic heterocycles. The van der Waals surface area contributed by atoms with Crippen molar-refractivity contribution in [3.8, 4) is 0 Å². The maximum atomic E-state index is 10.5. The zero-order chi connectivity index (χ0) is 13.7. The van der Waals surface area contributed by atoms with Gasteiger partial charge in [-0.3, -0.25) is 4.90 Å². The van der Waals surface area contributed by atoms with Gasteiger partial charge in [-0.2, -0.15) is 0 Å². The highest BCUT2D eigenvalue weighted by molar-refractivity contribution is 5.64. The predicted molar refractivity (Wildman–Crippen MR) is 73.7 cm³/mol. The van der Waals surface area contributed by atoms with Gasteiger partial charge in [-0.1, -0.05) is 24.3 Å². The molecule has 5 heteroatoms. The molecule has 1 heterocycles. The Morgan fingerprint density at radius 1 is 1.47 bits per heavy atom. The van der Waals surface area contributed by atoms with Crippen LogP contribution in [0.4, 0.5) is 4.79 Å². The molecule has 0 bridgehead atoms. The number of nitrogens with one attached hydrogen (secondary N) is 1. The van der Waals surface area contributed by atoms with Crippen LogP contribution in [-0.2, 0) is 13.1 Å². The molecule has 104 valence electrons. The van der Waals surface area contributed by atoms with Crippen LogP contribution < -0.4 is 11.1 Å². The molecule has 0 saturated carbocycles. The molecule has 0 radical (unpaired) electrons. The van der Waals surface area contributed by atoms with Crippen LogP contribution in [0.5, 0.6) is 0 Å². The number of carboxylic acid groups (broad SMARTS) is 1. The fourth-order valence-corrected chi connectivity index (χ4v) is 2.57. The van der Waals surface area contributed by atoms with Crippen LogP contribution in [0.3, 0.4) is 0 Å². The van der Waals surface area contributed by atoms with E-state index in [9.17, 15) is 4.79 Å². The van der Waals surface area contributed by atoms with Gasteiger partial charge in [0.1, 0.15) is 0 Å². The average Bonchev–Trinajstić information content (AvgIpc) is 2.84. The molecule has 4 N–H and O–H groups in total. The number of nitrogens with zero attached hydrogens (tertiary/aromatic N) is 1.